The number of methoxy groups -OCH3 is 1. The Morgan fingerprint density at radius 3 is 2.53 bits per heavy atom. The normalized spacial score (nSPS) is 10.7. The maximum absolute atomic E-state index is 5.61. The average Bonchev–Trinajstić information content (AvgIpc) is 2.35. The Hall–Kier alpha value is -1.66. The quantitative estimate of drug-likeness (QED) is 0.603. The van der Waals surface area contributed by atoms with E-state index in [0.29, 0.717) is 13.2 Å². The van der Waals surface area contributed by atoms with Gasteiger partial charge in [0, 0.05) is 6.54 Å². The first-order valence-corrected chi connectivity index (χ1v) is 5.57. The van der Waals surface area contributed by atoms with Crippen LogP contribution in [0.5, 0.6) is 11.5 Å². The highest BCUT2D eigenvalue weighted by atomic mass is 16.5. The van der Waals surface area contributed by atoms with Gasteiger partial charge in [-0.3, -0.25) is 5.32 Å². The van der Waals surface area contributed by atoms with Crippen LogP contribution in [0.2, 0.25) is 0 Å². The van der Waals surface area contributed by atoms with E-state index in [1.54, 1.807) is 7.11 Å². The number of nitrogens with one attached hydrogen (secondary N) is 1. The lowest BCUT2D eigenvalue weighted by atomic mass is 10.1. The molecule has 0 fully saturated rings. The number of hydrogen-bond acceptors (Lipinski definition) is 3. The Bertz CT molecular complexity index is 393. The predicted octanol–water partition coefficient (Wildman–Crippen LogP) is 2.08. The van der Waals surface area contributed by atoms with Gasteiger partial charge < -0.3 is 9.47 Å². The third kappa shape index (κ3) is 4.38. The Morgan fingerprint density at radius 2 is 1.94 bits per heavy atom. The van der Waals surface area contributed by atoms with Crippen LogP contribution in [0.15, 0.2) is 24.3 Å². The third-order valence-corrected chi connectivity index (χ3v) is 2.36. The zero-order valence-electron chi connectivity index (χ0n) is 10.6. The molecule has 0 unspecified atom stereocenters. The van der Waals surface area contributed by atoms with Crippen molar-refractivity contribution in [1.82, 2.24) is 5.32 Å². The summed E-state index contributed by atoms with van der Waals surface area (Å²) in [6, 6.07) is 7.57. The first-order valence-electron chi connectivity index (χ1n) is 5.57. The topological polar surface area (TPSA) is 30.5 Å². The van der Waals surface area contributed by atoms with Crippen LogP contribution in [-0.4, -0.2) is 25.8 Å². The molecule has 0 atom stereocenters. The summed E-state index contributed by atoms with van der Waals surface area (Å²) in [7, 11) is 1.63. The average molecular weight is 233 g/mol. The first-order chi connectivity index (χ1) is 8.09. The standard InChI is InChI=1S/C14H19NO2/c1-5-14(2,3)15-10-11-17-13-9-7-6-8-12(13)16-4/h1,6-9,15H,10-11H2,2-4H3. The zero-order valence-corrected chi connectivity index (χ0v) is 10.6. The Kier molecular flexibility index (Phi) is 4.86. The van der Waals surface area contributed by atoms with Gasteiger partial charge in [-0.2, -0.15) is 0 Å². The zero-order chi connectivity index (χ0) is 12.7. The van der Waals surface area contributed by atoms with Gasteiger partial charge in [0.05, 0.1) is 12.6 Å². The number of terminal acetylenes is 1. The summed E-state index contributed by atoms with van der Waals surface area (Å²) in [4.78, 5) is 0. The fourth-order valence-electron chi connectivity index (χ4n) is 1.31. The van der Waals surface area contributed by atoms with E-state index in [-0.39, 0.29) is 5.54 Å². The van der Waals surface area contributed by atoms with Gasteiger partial charge in [-0.05, 0) is 26.0 Å². The molecule has 1 N–H and O–H groups in total. The lowest BCUT2D eigenvalue weighted by Gasteiger charge is -2.19. The van der Waals surface area contributed by atoms with Gasteiger partial charge in [0.2, 0.25) is 0 Å². The summed E-state index contributed by atoms with van der Waals surface area (Å²) in [5.41, 5.74) is -0.301. The van der Waals surface area contributed by atoms with Crippen molar-refractivity contribution in [2.24, 2.45) is 0 Å². The molecule has 0 aliphatic heterocycles. The molecule has 0 bridgehead atoms. The number of rotatable bonds is 6. The smallest absolute Gasteiger partial charge is 0.161 e. The monoisotopic (exact) mass is 233 g/mol. The van der Waals surface area contributed by atoms with Gasteiger partial charge in [0.15, 0.2) is 11.5 Å². The molecule has 0 heterocycles. The second-order valence-corrected chi connectivity index (χ2v) is 4.20. The molecular formula is C14H19NO2. The van der Waals surface area contributed by atoms with E-state index in [1.165, 1.54) is 0 Å². The Labute approximate surface area is 103 Å². The maximum atomic E-state index is 5.61. The van der Waals surface area contributed by atoms with Crippen LogP contribution in [0.25, 0.3) is 0 Å². The van der Waals surface area contributed by atoms with E-state index in [1.807, 2.05) is 38.1 Å². The molecule has 3 nitrogen and oxygen atoms in total. The van der Waals surface area contributed by atoms with Crippen molar-refractivity contribution in [3.8, 4) is 23.8 Å². The molecule has 3 heteroatoms. The van der Waals surface area contributed by atoms with Crippen LogP contribution in [0.1, 0.15) is 13.8 Å². The molecule has 0 amide bonds. The summed E-state index contributed by atoms with van der Waals surface area (Å²) in [5.74, 6) is 4.16. The van der Waals surface area contributed by atoms with Crippen LogP contribution in [0, 0.1) is 12.3 Å². The fraction of sp³-hybridized carbons (Fsp3) is 0.429. The molecule has 1 aromatic rings. The van der Waals surface area contributed by atoms with Crippen molar-refractivity contribution in [3.63, 3.8) is 0 Å². The van der Waals surface area contributed by atoms with Crippen LogP contribution in [0.4, 0.5) is 0 Å². The first kappa shape index (κ1) is 13.4. The highest BCUT2D eigenvalue weighted by Gasteiger charge is 2.11. The van der Waals surface area contributed by atoms with Gasteiger partial charge in [-0.25, -0.2) is 0 Å². The van der Waals surface area contributed by atoms with Crippen molar-refractivity contribution in [2.45, 2.75) is 19.4 Å². The third-order valence-electron chi connectivity index (χ3n) is 2.36. The summed E-state index contributed by atoms with van der Waals surface area (Å²) >= 11 is 0. The molecule has 0 aliphatic carbocycles. The summed E-state index contributed by atoms with van der Waals surface area (Å²) < 4.78 is 10.8. The molecule has 0 saturated carbocycles. The number of hydrogen-bond donors (Lipinski definition) is 1. The molecule has 0 spiro atoms. The van der Waals surface area contributed by atoms with Crippen molar-refractivity contribution in [2.75, 3.05) is 20.3 Å². The Morgan fingerprint density at radius 1 is 1.29 bits per heavy atom. The van der Waals surface area contributed by atoms with Crippen LogP contribution in [-0.2, 0) is 0 Å². The summed E-state index contributed by atoms with van der Waals surface area (Å²) in [6.45, 7) is 5.15. The molecule has 92 valence electrons. The van der Waals surface area contributed by atoms with Crippen LogP contribution >= 0.6 is 0 Å². The minimum atomic E-state index is -0.301. The van der Waals surface area contributed by atoms with E-state index >= 15 is 0 Å². The molecule has 0 saturated heterocycles. The predicted molar refractivity (Wildman–Crippen MR) is 69.4 cm³/mol. The van der Waals surface area contributed by atoms with Gasteiger partial charge in [0.1, 0.15) is 6.61 Å². The highest BCUT2D eigenvalue weighted by molar-refractivity contribution is 5.39. The molecule has 0 aliphatic rings. The SMILES string of the molecule is C#CC(C)(C)NCCOc1ccccc1OC. The minimum Gasteiger partial charge on any atom is -0.493 e. The van der Waals surface area contributed by atoms with Crippen molar-refractivity contribution < 1.29 is 9.47 Å². The van der Waals surface area contributed by atoms with Crippen LogP contribution in [0.3, 0.4) is 0 Å². The van der Waals surface area contributed by atoms with Gasteiger partial charge in [-0.1, -0.05) is 18.1 Å². The van der Waals surface area contributed by atoms with E-state index < -0.39 is 0 Å². The van der Waals surface area contributed by atoms with Gasteiger partial charge >= 0.3 is 0 Å². The van der Waals surface area contributed by atoms with E-state index in [9.17, 15) is 0 Å². The number of ether oxygens (including phenoxy) is 2. The van der Waals surface area contributed by atoms with Crippen molar-refractivity contribution >= 4 is 0 Å². The van der Waals surface area contributed by atoms with E-state index in [0.717, 1.165) is 11.5 Å². The summed E-state index contributed by atoms with van der Waals surface area (Å²) in [6.07, 6.45) is 5.37. The second kappa shape index (κ2) is 6.17. The summed E-state index contributed by atoms with van der Waals surface area (Å²) in [5, 5.41) is 3.21. The number of para-hydroxylation sites is 2. The lowest BCUT2D eigenvalue weighted by molar-refractivity contribution is 0.282. The van der Waals surface area contributed by atoms with Crippen molar-refractivity contribution in [1.29, 1.82) is 0 Å². The van der Waals surface area contributed by atoms with Gasteiger partial charge in [0.25, 0.3) is 0 Å². The number of benzene rings is 1. The highest BCUT2D eigenvalue weighted by Crippen LogP contribution is 2.25. The van der Waals surface area contributed by atoms with E-state index in [2.05, 4.69) is 11.2 Å². The minimum absolute atomic E-state index is 0.301. The van der Waals surface area contributed by atoms with Gasteiger partial charge in [-0.15, -0.1) is 6.42 Å². The largest absolute Gasteiger partial charge is 0.493 e. The molecule has 1 aromatic carbocycles. The Balaban J connectivity index is 2.39. The molecule has 1 rings (SSSR count). The lowest BCUT2D eigenvalue weighted by Crippen LogP contribution is -2.40. The molecule has 0 radical (unpaired) electrons. The molecule has 0 aromatic heterocycles. The fourth-order valence-corrected chi connectivity index (χ4v) is 1.31. The van der Waals surface area contributed by atoms with E-state index in [4.69, 9.17) is 15.9 Å². The molecular weight excluding hydrogens is 214 g/mol. The van der Waals surface area contributed by atoms with Crippen molar-refractivity contribution in [3.05, 3.63) is 24.3 Å². The maximum Gasteiger partial charge on any atom is 0.161 e. The molecule has 17 heavy (non-hydrogen) atoms. The second-order valence-electron chi connectivity index (χ2n) is 4.20. The van der Waals surface area contributed by atoms with Crippen LogP contribution < -0.4 is 14.8 Å².